The summed E-state index contributed by atoms with van der Waals surface area (Å²) in [6, 6.07) is 10.2. The highest BCUT2D eigenvalue weighted by Crippen LogP contribution is 2.39. The fraction of sp³-hybridized carbons (Fsp3) is 0.517. The molecular weight excluding hydrogens is 348 g/mol. The van der Waals surface area contributed by atoms with Crippen molar-refractivity contribution in [2.75, 3.05) is 0 Å². The first-order chi connectivity index (χ1) is 13.5. The van der Waals surface area contributed by atoms with Crippen molar-refractivity contribution in [3.63, 3.8) is 0 Å². The van der Waals surface area contributed by atoms with Crippen LogP contribution in [-0.4, -0.2) is 0 Å². The molecule has 3 rings (SSSR count). The summed E-state index contributed by atoms with van der Waals surface area (Å²) in [5.41, 5.74) is 5.52. The van der Waals surface area contributed by atoms with Crippen molar-refractivity contribution in [3.05, 3.63) is 77.9 Å². The summed E-state index contributed by atoms with van der Waals surface area (Å²) in [5, 5.41) is 0. The van der Waals surface area contributed by atoms with Crippen LogP contribution in [-0.2, 0) is 0 Å². The Hall–Kier alpha value is -1.82. The first-order valence-electron chi connectivity index (χ1n) is 11.2. The molecule has 29 heavy (non-hydrogen) atoms. The van der Waals surface area contributed by atoms with Crippen LogP contribution in [0, 0.1) is 11.8 Å². The van der Waals surface area contributed by atoms with Gasteiger partial charge in [0, 0.05) is 0 Å². The zero-order valence-corrected chi connectivity index (χ0v) is 19.6. The zero-order valence-electron chi connectivity index (χ0n) is 19.6. The Morgan fingerprint density at radius 2 is 1.76 bits per heavy atom. The summed E-state index contributed by atoms with van der Waals surface area (Å²) < 4.78 is 0. The SMILES string of the molecule is C.C/C=C(\C)CC.C=C(C)c1ccccc1.CC.CC1CC2=CC=CCCC2C1. The lowest BCUT2D eigenvalue weighted by Crippen LogP contribution is -1.94. The van der Waals surface area contributed by atoms with Crippen molar-refractivity contribution < 1.29 is 0 Å². The van der Waals surface area contributed by atoms with E-state index in [0.29, 0.717) is 0 Å². The number of fused-ring (bicyclic) bond motifs is 1. The molecule has 1 fully saturated rings. The lowest BCUT2D eigenvalue weighted by Gasteiger charge is -2.07. The second-order valence-electron chi connectivity index (χ2n) is 7.62. The fourth-order valence-corrected chi connectivity index (χ4v) is 3.31. The van der Waals surface area contributed by atoms with E-state index in [9.17, 15) is 0 Å². The van der Waals surface area contributed by atoms with Crippen LogP contribution in [0.5, 0.6) is 0 Å². The van der Waals surface area contributed by atoms with Crippen LogP contribution >= 0.6 is 0 Å². The van der Waals surface area contributed by atoms with Gasteiger partial charge in [0.25, 0.3) is 0 Å². The van der Waals surface area contributed by atoms with Crippen molar-refractivity contribution >= 4 is 5.57 Å². The van der Waals surface area contributed by atoms with Crippen molar-refractivity contribution in [2.45, 2.75) is 88.0 Å². The number of hydrogen-bond donors (Lipinski definition) is 0. The predicted octanol–water partition coefficient (Wildman–Crippen LogP) is 10.1. The fourth-order valence-electron chi connectivity index (χ4n) is 3.31. The molecule has 1 saturated carbocycles. The van der Waals surface area contributed by atoms with Crippen LogP contribution < -0.4 is 0 Å². The third kappa shape index (κ3) is 13.1. The molecule has 0 amide bonds. The average molecular weight is 397 g/mol. The molecular formula is C29H48. The quantitative estimate of drug-likeness (QED) is 0.436. The van der Waals surface area contributed by atoms with Gasteiger partial charge in [-0.15, -0.1) is 0 Å². The average Bonchev–Trinajstić information content (AvgIpc) is 2.95. The number of hydrogen-bond acceptors (Lipinski definition) is 0. The standard InChI is InChI=1S/C11H16.C9H10.C6H12.C2H6.CH4/c1-9-7-10-5-3-2-4-6-11(10)8-9;1-8(2)9-6-4-3-5-7-9;1-4-6(3)5-2;1-2;/h2-3,5,9,11H,4,6-8H2,1H3;3-7H,1H2,2H3;4H,5H2,1-3H3;1-2H3;1H4/b;;6-4+;;. The zero-order chi connectivity index (χ0) is 21.4. The van der Waals surface area contributed by atoms with E-state index in [1.54, 1.807) is 5.57 Å². The van der Waals surface area contributed by atoms with Crippen molar-refractivity contribution in [1.29, 1.82) is 0 Å². The van der Waals surface area contributed by atoms with Gasteiger partial charge in [-0.1, -0.05) is 113 Å². The third-order valence-corrected chi connectivity index (χ3v) is 5.24. The van der Waals surface area contributed by atoms with Crippen LogP contribution in [0.2, 0.25) is 0 Å². The maximum absolute atomic E-state index is 3.83. The van der Waals surface area contributed by atoms with Crippen molar-refractivity contribution in [3.8, 4) is 0 Å². The van der Waals surface area contributed by atoms with Gasteiger partial charge in [-0.05, 0) is 70.3 Å². The number of benzene rings is 1. The Morgan fingerprint density at radius 3 is 2.21 bits per heavy atom. The highest BCUT2D eigenvalue weighted by Gasteiger charge is 2.25. The minimum atomic E-state index is 0. The number of allylic oxidation sites excluding steroid dienone is 7. The Balaban J connectivity index is 0. The van der Waals surface area contributed by atoms with Gasteiger partial charge in [-0.3, -0.25) is 0 Å². The normalized spacial score (nSPS) is 19.3. The predicted molar refractivity (Wildman–Crippen MR) is 137 cm³/mol. The molecule has 0 spiro atoms. The van der Waals surface area contributed by atoms with E-state index < -0.39 is 0 Å². The summed E-state index contributed by atoms with van der Waals surface area (Å²) in [6.45, 7) is 18.6. The smallest absolute Gasteiger partial charge is 0.0194 e. The molecule has 164 valence electrons. The summed E-state index contributed by atoms with van der Waals surface area (Å²) in [6.07, 6.45) is 15.7. The second kappa shape index (κ2) is 18.2. The first kappa shape index (κ1) is 29.4. The molecule has 0 nitrogen and oxygen atoms in total. The summed E-state index contributed by atoms with van der Waals surface area (Å²) >= 11 is 0. The summed E-state index contributed by atoms with van der Waals surface area (Å²) in [5.74, 6) is 1.87. The van der Waals surface area contributed by atoms with Crippen LogP contribution in [0.1, 0.15) is 93.6 Å². The van der Waals surface area contributed by atoms with Gasteiger partial charge >= 0.3 is 0 Å². The molecule has 0 heteroatoms. The van der Waals surface area contributed by atoms with Gasteiger partial charge < -0.3 is 0 Å². The monoisotopic (exact) mass is 396 g/mol. The van der Waals surface area contributed by atoms with Gasteiger partial charge in [0.1, 0.15) is 0 Å². The lowest BCUT2D eigenvalue weighted by molar-refractivity contribution is 0.513. The van der Waals surface area contributed by atoms with Crippen LogP contribution in [0.25, 0.3) is 5.57 Å². The molecule has 2 aliphatic rings. The Morgan fingerprint density at radius 1 is 1.14 bits per heavy atom. The molecule has 2 unspecified atom stereocenters. The van der Waals surface area contributed by atoms with E-state index in [2.05, 4.69) is 70.7 Å². The van der Waals surface area contributed by atoms with E-state index in [0.717, 1.165) is 17.4 Å². The van der Waals surface area contributed by atoms with E-state index >= 15 is 0 Å². The van der Waals surface area contributed by atoms with E-state index in [1.807, 2.05) is 39.0 Å². The molecule has 2 aliphatic carbocycles. The van der Waals surface area contributed by atoms with E-state index in [1.165, 1.54) is 43.2 Å². The highest BCUT2D eigenvalue weighted by molar-refractivity contribution is 5.60. The Kier molecular flexibility index (Phi) is 18.5. The van der Waals surface area contributed by atoms with Gasteiger partial charge in [0.05, 0.1) is 0 Å². The van der Waals surface area contributed by atoms with Crippen LogP contribution in [0.15, 0.2) is 72.4 Å². The molecule has 1 aromatic carbocycles. The molecule has 2 atom stereocenters. The molecule has 0 aromatic heterocycles. The van der Waals surface area contributed by atoms with Gasteiger partial charge in [-0.2, -0.15) is 0 Å². The van der Waals surface area contributed by atoms with Crippen LogP contribution in [0.3, 0.4) is 0 Å². The van der Waals surface area contributed by atoms with Crippen LogP contribution in [0.4, 0.5) is 0 Å². The number of rotatable bonds is 2. The van der Waals surface area contributed by atoms with Gasteiger partial charge in [0.15, 0.2) is 0 Å². The molecule has 0 heterocycles. The molecule has 0 radical (unpaired) electrons. The maximum Gasteiger partial charge on any atom is -0.0194 e. The topological polar surface area (TPSA) is 0 Å². The van der Waals surface area contributed by atoms with E-state index in [-0.39, 0.29) is 7.43 Å². The second-order valence-corrected chi connectivity index (χ2v) is 7.62. The highest BCUT2D eigenvalue weighted by atomic mass is 14.3. The minimum Gasteiger partial charge on any atom is -0.0955 e. The molecule has 0 N–H and O–H groups in total. The molecule has 0 saturated heterocycles. The van der Waals surface area contributed by atoms with Crippen molar-refractivity contribution in [2.24, 2.45) is 11.8 Å². The van der Waals surface area contributed by atoms with Gasteiger partial charge in [0.2, 0.25) is 0 Å². The summed E-state index contributed by atoms with van der Waals surface area (Å²) in [4.78, 5) is 0. The maximum atomic E-state index is 3.83. The van der Waals surface area contributed by atoms with E-state index in [4.69, 9.17) is 0 Å². The summed E-state index contributed by atoms with van der Waals surface area (Å²) in [7, 11) is 0. The third-order valence-electron chi connectivity index (χ3n) is 5.24. The molecule has 0 aliphatic heterocycles. The molecule has 1 aromatic rings. The lowest BCUT2D eigenvalue weighted by atomic mass is 9.98. The Labute approximate surface area is 183 Å². The first-order valence-corrected chi connectivity index (χ1v) is 11.2. The minimum absolute atomic E-state index is 0. The Bertz CT molecular complexity index is 613. The molecule has 0 bridgehead atoms. The van der Waals surface area contributed by atoms with Crippen molar-refractivity contribution in [1.82, 2.24) is 0 Å². The van der Waals surface area contributed by atoms with Gasteiger partial charge in [-0.25, -0.2) is 0 Å². The largest absolute Gasteiger partial charge is 0.0955 e.